The van der Waals surface area contributed by atoms with Gasteiger partial charge >= 0.3 is 0 Å². The second kappa shape index (κ2) is 8.24. The molecule has 0 spiro atoms. The van der Waals surface area contributed by atoms with Crippen LogP contribution in [0.15, 0.2) is 0 Å². The van der Waals surface area contributed by atoms with Gasteiger partial charge in [-0.3, -0.25) is 4.79 Å². The summed E-state index contributed by atoms with van der Waals surface area (Å²) in [7, 11) is 0. The molecule has 0 aliphatic heterocycles. The third-order valence-corrected chi connectivity index (χ3v) is 1.87. The van der Waals surface area contributed by atoms with Crippen LogP contribution in [0.3, 0.4) is 0 Å². The molecular weight excluding hydrogens is 156 g/mol. The van der Waals surface area contributed by atoms with Gasteiger partial charge < -0.3 is 9.53 Å². The zero-order valence-corrected chi connectivity index (χ0v) is 7.49. The first-order valence-corrected chi connectivity index (χ1v) is 4.35. The quantitative estimate of drug-likeness (QED) is 0.412. The summed E-state index contributed by atoms with van der Waals surface area (Å²) >= 11 is 0. The maximum atomic E-state index is 10.4. The lowest BCUT2D eigenvalue weighted by molar-refractivity contribution is -0.128. The average molecular weight is 172 g/mol. The van der Waals surface area contributed by atoms with E-state index in [0.717, 1.165) is 32.0 Å². The van der Waals surface area contributed by atoms with Crippen LogP contribution < -0.4 is 0 Å². The van der Waals surface area contributed by atoms with E-state index < -0.39 is 0 Å². The fourth-order valence-corrected chi connectivity index (χ4v) is 1.01. The average Bonchev–Trinajstić information content (AvgIpc) is 2.11. The van der Waals surface area contributed by atoms with Gasteiger partial charge in [0.2, 0.25) is 0 Å². The monoisotopic (exact) mass is 172 g/mol. The minimum absolute atomic E-state index is 0.182. The zero-order valence-electron chi connectivity index (χ0n) is 7.49. The van der Waals surface area contributed by atoms with Crippen molar-refractivity contribution < 1.29 is 14.3 Å². The van der Waals surface area contributed by atoms with Crippen LogP contribution in [0.5, 0.6) is 0 Å². The van der Waals surface area contributed by atoms with Crippen LogP contribution in [0, 0.1) is 5.92 Å². The Labute approximate surface area is 73.1 Å². The van der Waals surface area contributed by atoms with Gasteiger partial charge in [0, 0.05) is 5.92 Å². The van der Waals surface area contributed by atoms with Gasteiger partial charge in [-0.2, -0.15) is 0 Å². The lowest BCUT2D eigenvalue weighted by atomic mass is 10.0. The number of hydrogen-bond acceptors (Lipinski definition) is 3. The molecule has 0 aromatic carbocycles. The van der Waals surface area contributed by atoms with E-state index in [-0.39, 0.29) is 5.92 Å². The highest BCUT2D eigenvalue weighted by Gasteiger charge is 2.02. The summed E-state index contributed by atoms with van der Waals surface area (Å²) in [6.45, 7) is 2.93. The van der Waals surface area contributed by atoms with E-state index in [0.29, 0.717) is 13.1 Å². The Hall–Kier alpha value is -0.860. The first-order valence-electron chi connectivity index (χ1n) is 4.35. The molecule has 0 aliphatic rings. The standard InChI is InChI=1S/C9H16O3/c1-2-9(7-10)5-3-4-6-12-8-11/h7-9H,2-6H2,1H3/t9-/m0/s1. The number of ether oxygens (including phenoxy) is 1. The number of carbonyl (C=O) groups is 2. The van der Waals surface area contributed by atoms with Gasteiger partial charge in [0.25, 0.3) is 6.47 Å². The molecule has 3 heteroatoms. The van der Waals surface area contributed by atoms with Crippen LogP contribution in [-0.4, -0.2) is 19.4 Å². The fourth-order valence-electron chi connectivity index (χ4n) is 1.01. The molecule has 0 aliphatic carbocycles. The molecule has 0 radical (unpaired) electrons. The van der Waals surface area contributed by atoms with Gasteiger partial charge in [0.1, 0.15) is 6.29 Å². The lowest BCUT2D eigenvalue weighted by Gasteiger charge is -2.05. The number of unbranched alkanes of at least 4 members (excludes halogenated alkanes) is 1. The first-order chi connectivity index (χ1) is 5.85. The summed E-state index contributed by atoms with van der Waals surface area (Å²) in [6, 6.07) is 0. The van der Waals surface area contributed by atoms with E-state index in [4.69, 9.17) is 0 Å². The van der Waals surface area contributed by atoms with Crippen molar-refractivity contribution in [2.75, 3.05) is 6.61 Å². The molecule has 1 atom stereocenters. The maximum absolute atomic E-state index is 10.4. The number of rotatable bonds is 8. The largest absolute Gasteiger partial charge is 0.468 e. The topological polar surface area (TPSA) is 43.4 Å². The molecule has 0 saturated carbocycles. The Bertz CT molecular complexity index is 123. The lowest BCUT2D eigenvalue weighted by Crippen LogP contribution is -2.01. The van der Waals surface area contributed by atoms with Crippen LogP contribution >= 0.6 is 0 Å². The molecule has 12 heavy (non-hydrogen) atoms. The molecular formula is C9H16O3. The van der Waals surface area contributed by atoms with Gasteiger partial charge in [0.05, 0.1) is 6.61 Å². The third-order valence-electron chi connectivity index (χ3n) is 1.87. The smallest absolute Gasteiger partial charge is 0.293 e. The van der Waals surface area contributed by atoms with Crippen LogP contribution in [0.4, 0.5) is 0 Å². The number of aldehydes is 1. The highest BCUT2D eigenvalue weighted by Crippen LogP contribution is 2.09. The summed E-state index contributed by atoms with van der Waals surface area (Å²) < 4.78 is 4.51. The van der Waals surface area contributed by atoms with Gasteiger partial charge in [0.15, 0.2) is 0 Å². The van der Waals surface area contributed by atoms with Crippen LogP contribution in [-0.2, 0) is 14.3 Å². The predicted molar refractivity (Wildman–Crippen MR) is 45.7 cm³/mol. The highest BCUT2D eigenvalue weighted by atomic mass is 16.5. The van der Waals surface area contributed by atoms with E-state index >= 15 is 0 Å². The summed E-state index contributed by atoms with van der Waals surface area (Å²) in [5.41, 5.74) is 0. The molecule has 0 rings (SSSR count). The molecule has 0 aromatic heterocycles. The van der Waals surface area contributed by atoms with E-state index in [2.05, 4.69) is 4.74 Å². The van der Waals surface area contributed by atoms with Crippen LogP contribution in [0.1, 0.15) is 32.6 Å². The minimum Gasteiger partial charge on any atom is -0.468 e. The predicted octanol–water partition coefficient (Wildman–Crippen LogP) is 1.55. The molecule has 3 nitrogen and oxygen atoms in total. The molecule has 70 valence electrons. The second-order valence-corrected chi connectivity index (χ2v) is 2.77. The normalized spacial score (nSPS) is 12.1. The maximum Gasteiger partial charge on any atom is 0.293 e. The van der Waals surface area contributed by atoms with Crippen molar-refractivity contribution in [2.45, 2.75) is 32.6 Å². The summed E-state index contributed by atoms with van der Waals surface area (Å²) in [5.74, 6) is 0.182. The molecule has 0 N–H and O–H groups in total. The Balaban J connectivity index is 3.17. The molecule has 0 saturated heterocycles. The zero-order chi connectivity index (χ0) is 9.23. The molecule has 0 bridgehead atoms. The Morgan fingerprint density at radius 3 is 2.58 bits per heavy atom. The molecule has 0 unspecified atom stereocenters. The minimum atomic E-state index is 0.182. The van der Waals surface area contributed by atoms with Crippen molar-refractivity contribution >= 4 is 12.8 Å². The number of hydrogen-bond donors (Lipinski definition) is 0. The van der Waals surface area contributed by atoms with E-state index in [1.165, 1.54) is 0 Å². The van der Waals surface area contributed by atoms with Gasteiger partial charge in [-0.25, -0.2) is 0 Å². The second-order valence-electron chi connectivity index (χ2n) is 2.77. The van der Waals surface area contributed by atoms with Crippen molar-refractivity contribution in [3.63, 3.8) is 0 Å². The van der Waals surface area contributed by atoms with Gasteiger partial charge in [-0.05, 0) is 25.7 Å². The molecule has 0 amide bonds. The van der Waals surface area contributed by atoms with E-state index in [1.54, 1.807) is 0 Å². The van der Waals surface area contributed by atoms with Gasteiger partial charge in [-0.1, -0.05) is 6.92 Å². The van der Waals surface area contributed by atoms with E-state index in [1.807, 2.05) is 6.92 Å². The third kappa shape index (κ3) is 5.89. The van der Waals surface area contributed by atoms with Crippen LogP contribution in [0.2, 0.25) is 0 Å². The SMILES string of the molecule is CC[C@H](C=O)CCCCOC=O. The Morgan fingerprint density at radius 1 is 1.33 bits per heavy atom. The van der Waals surface area contributed by atoms with Crippen molar-refractivity contribution in [3.05, 3.63) is 0 Å². The highest BCUT2D eigenvalue weighted by molar-refractivity contribution is 5.53. The fraction of sp³-hybridized carbons (Fsp3) is 0.778. The van der Waals surface area contributed by atoms with Crippen molar-refractivity contribution in [2.24, 2.45) is 5.92 Å². The van der Waals surface area contributed by atoms with Crippen molar-refractivity contribution in [1.29, 1.82) is 0 Å². The summed E-state index contributed by atoms with van der Waals surface area (Å²) in [4.78, 5) is 20.1. The molecule has 0 heterocycles. The van der Waals surface area contributed by atoms with Gasteiger partial charge in [-0.15, -0.1) is 0 Å². The number of carbonyl (C=O) groups excluding carboxylic acids is 2. The van der Waals surface area contributed by atoms with Crippen LogP contribution in [0.25, 0.3) is 0 Å². The first kappa shape index (κ1) is 11.1. The van der Waals surface area contributed by atoms with Crippen molar-refractivity contribution in [1.82, 2.24) is 0 Å². The molecule has 0 aromatic rings. The summed E-state index contributed by atoms with van der Waals surface area (Å²) in [6.07, 6.45) is 4.61. The molecule has 0 fully saturated rings. The van der Waals surface area contributed by atoms with E-state index in [9.17, 15) is 9.59 Å². The van der Waals surface area contributed by atoms with Crippen molar-refractivity contribution in [3.8, 4) is 0 Å². The Morgan fingerprint density at radius 2 is 2.08 bits per heavy atom. The Kier molecular flexibility index (Phi) is 7.65. The summed E-state index contributed by atoms with van der Waals surface area (Å²) in [5, 5.41) is 0.